The van der Waals surface area contributed by atoms with Crippen molar-refractivity contribution in [3.63, 3.8) is 0 Å². The van der Waals surface area contributed by atoms with Crippen molar-refractivity contribution in [1.82, 2.24) is 24.8 Å². The Kier molecular flexibility index (Phi) is 5.06. The molecule has 0 bridgehead atoms. The number of piperidine rings is 1. The Morgan fingerprint density at radius 1 is 1.36 bits per heavy atom. The second-order valence-corrected chi connectivity index (χ2v) is 7.01. The van der Waals surface area contributed by atoms with Gasteiger partial charge in [0.05, 0.1) is 5.69 Å². The largest absolute Gasteiger partial charge is 0.339 e. The summed E-state index contributed by atoms with van der Waals surface area (Å²) >= 11 is 0. The molecule has 8 heteroatoms. The number of carbonyl (C=O) groups is 1. The molecular weight excluding hydrogens is 320 g/mol. The van der Waals surface area contributed by atoms with E-state index in [0.717, 1.165) is 43.9 Å². The van der Waals surface area contributed by atoms with Crippen molar-refractivity contribution in [3.8, 4) is 0 Å². The maximum Gasteiger partial charge on any atom is 0.322 e. The van der Waals surface area contributed by atoms with Crippen molar-refractivity contribution in [2.24, 2.45) is 5.92 Å². The van der Waals surface area contributed by atoms with E-state index in [4.69, 9.17) is 4.52 Å². The summed E-state index contributed by atoms with van der Waals surface area (Å²) in [5, 5.41) is 11.3. The molecule has 2 aromatic heterocycles. The maximum absolute atomic E-state index is 12.6. The van der Waals surface area contributed by atoms with Crippen LogP contribution in [0.2, 0.25) is 0 Å². The quantitative estimate of drug-likeness (QED) is 0.919. The highest BCUT2D eigenvalue weighted by Gasteiger charge is 2.25. The van der Waals surface area contributed by atoms with Gasteiger partial charge in [0.15, 0.2) is 5.82 Å². The molecule has 3 rings (SSSR count). The molecule has 3 heterocycles. The highest BCUT2D eigenvalue weighted by Crippen LogP contribution is 2.22. The van der Waals surface area contributed by atoms with Crippen LogP contribution in [0.25, 0.3) is 0 Å². The SMILES string of the molecule is Cc1cc(NC(=O)N2CCC(Cc3nc(C)no3)CC2)n(C(C)C)n1. The molecule has 136 valence electrons. The van der Waals surface area contributed by atoms with E-state index in [1.54, 1.807) is 0 Å². The molecule has 0 saturated carbocycles. The van der Waals surface area contributed by atoms with Crippen LogP contribution in [0.1, 0.15) is 50.1 Å². The second-order valence-electron chi connectivity index (χ2n) is 7.01. The third-order valence-electron chi connectivity index (χ3n) is 4.52. The number of rotatable bonds is 4. The minimum Gasteiger partial charge on any atom is -0.339 e. The molecule has 0 radical (unpaired) electrons. The zero-order valence-corrected chi connectivity index (χ0v) is 15.3. The lowest BCUT2D eigenvalue weighted by Gasteiger charge is -2.31. The van der Waals surface area contributed by atoms with Crippen LogP contribution >= 0.6 is 0 Å². The average Bonchev–Trinajstić information content (AvgIpc) is 3.13. The normalized spacial score (nSPS) is 15.8. The highest BCUT2D eigenvalue weighted by atomic mass is 16.5. The molecule has 2 aromatic rings. The van der Waals surface area contributed by atoms with E-state index in [1.165, 1.54) is 0 Å². The van der Waals surface area contributed by atoms with Crippen LogP contribution < -0.4 is 5.32 Å². The Bertz CT molecular complexity index is 727. The molecule has 1 aliphatic rings. The van der Waals surface area contributed by atoms with Gasteiger partial charge in [-0.15, -0.1) is 0 Å². The molecule has 1 N–H and O–H groups in total. The first-order chi connectivity index (χ1) is 11.9. The lowest BCUT2D eigenvalue weighted by Crippen LogP contribution is -2.41. The number of hydrogen-bond acceptors (Lipinski definition) is 5. The van der Waals surface area contributed by atoms with Crippen molar-refractivity contribution < 1.29 is 9.32 Å². The van der Waals surface area contributed by atoms with Gasteiger partial charge in [-0.1, -0.05) is 5.16 Å². The first-order valence-electron chi connectivity index (χ1n) is 8.83. The number of nitrogens with zero attached hydrogens (tertiary/aromatic N) is 5. The molecule has 0 aliphatic carbocycles. The van der Waals surface area contributed by atoms with Gasteiger partial charge in [0.1, 0.15) is 5.82 Å². The minimum absolute atomic E-state index is 0.0612. The van der Waals surface area contributed by atoms with Gasteiger partial charge in [-0.25, -0.2) is 9.48 Å². The molecule has 2 amide bonds. The van der Waals surface area contributed by atoms with E-state index < -0.39 is 0 Å². The summed E-state index contributed by atoms with van der Waals surface area (Å²) in [5.41, 5.74) is 0.901. The third-order valence-corrected chi connectivity index (χ3v) is 4.52. The van der Waals surface area contributed by atoms with Crippen molar-refractivity contribution in [2.45, 2.75) is 53.0 Å². The van der Waals surface area contributed by atoms with E-state index >= 15 is 0 Å². The Labute approximate surface area is 147 Å². The van der Waals surface area contributed by atoms with E-state index in [-0.39, 0.29) is 12.1 Å². The number of carbonyl (C=O) groups excluding carboxylic acids is 1. The predicted octanol–water partition coefficient (Wildman–Crippen LogP) is 2.95. The predicted molar refractivity (Wildman–Crippen MR) is 93.4 cm³/mol. The first kappa shape index (κ1) is 17.4. The van der Waals surface area contributed by atoms with Crippen molar-refractivity contribution in [3.05, 3.63) is 23.5 Å². The summed E-state index contributed by atoms with van der Waals surface area (Å²) in [7, 11) is 0. The van der Waals surface area contributed by atoms with Crippen LogP contribution in [0, 0.1) is 19.8 Å². The number of hydrogen-bond donors (Lipinski definition) is 1. The first-order valence-corrected chi connectivity index (χ1v) is 8.83. The van der Waals surface area contributed by atoms with E-state index in [1.807, 2.05) is 43.3 Å². The van der Waals surface area contributed by atoms with Crippen LogP contribution in [0.5, 0.6) is 0 Å². The lowest BCUT2D eigenvalue weighted by molar-refractivity contribution is 0.179. The van der Waals surface area contributed by atoms with Gasteiger partial charge in [0, 0.05) is 31.6 Å². The number of amides is 2. The van der Waals surface area contributed by atoms with E-state index in [0.29, 0.717) is 17.6 Å². The van der Waals surface area contributed by atoms with Gasteiger partial charge in [-0.2, -0.15) is 10.1 Å². The third kappa shape index (κ3) is 4.18. The van der Waals surface area contributed by atoms with Gasteiger partial charge in [-0.3, -0.25) is 5.32 Å². The van der Waals surface area contributed by atoms with Crippen molar-refractivity contribution >= 4 is 11.8 Å². The number of urea groups is 1. The van der Waals surface area contributed by atoms with Gasteiger partial charge in [0.25, 0.3) is 0 Å². The zero-order valence-electron chi connectivity index (χ0n) is 15.3. The van der Waals surface area contributed by atoms with Crippen LogP contribution in [0.4, 0.5) is 10.6 Å². The standard InChI is InChI=1S/C17H26N6O2/c1-11(2)23-15(9-12(3)20-23)19-17(24)22-7-5-14(6-8-22)10-16-18-13(4)21-25-16/h9,11,14H,5-8,10H2,1-4H3,(H,19,24). The molecule has 0 aromatic carbocycles. The topological polar surface area (TPSA) is 89.1 Å². The Morgan fingerprint density at radius 3 is 2.68 bits per heavy atom. The maximum atomic E-state index is 12.6. The number of nitrogens with one attached hydrogen (secondary N) is 1. The molecular formula is C17H26N6O2. The summed E-state index contributed by atoms with van der Waals surface area (Å²) in [4.78, 5) is 18.7. The molecule has 0 spiro atoms. The van der Waals surface area contributed by atoms with Crippen LogP contribution in [0.15, 0.2) is 10.6 Å². The number of aromatic nitrogens is 4. The highest BCUT2D eigenvalue weighted by molar-refractivity contribution is 5.88. The van der Waals surface area contributed by atoms with E-state index in [9.17, 15) is 4.79 Å². The fraction of sp³-hybridized carbons (Fsp3) is 0.647. The summed E-state index contributed by atoms with van der Waals surface area (Å²) in [6.45, 7) is 9.32. The number of anilines is 1. The van der Waals surface area contributed by atoms with Crippen LogP contribution in [0.3, 0.4) is 0 Å². The number of aryl methyl sites for hydroxylation is 2. The average molecular weight is 346 g/mol. The summed E-state index contributed by atoms with van der Waals surface area (Å²) in [6.07, 6.45) is 2.67. The van der Waals surface area contributed by atoms with Gasteiger partial charge in [-0.05, 0) is 46.5 Å². The molecule has 8 nitrogen and oxygen atoms in total. The monoisotopic (exact) mass is 346 g/mol. The van der Waals surface area contributed by atoms with Gasteiger partial charge in [0.2, 0.25) is 5.89 Å². The zero-order chi connectivity index (χ0) is 18.0. The lowest BCUT2D eigenvalue weighted by atomic mass is 9.94. The Morgan fingerprint density at radius 2 is 2.08 bits per heavy atom. The molecule has 1 fully saturated rings. The number of likely N-dealkylation sites (tertiary alicyclic amines) is 1. The summed E-state index contributed by atoms with van der Waals surface area (Å²) < 4.78 is 7.04. The van der Waals surface area contributed by atoms with Crippen LogP contribution in [-0.2, 0) is 6.42 Å². The molecule has 0 unspecified atom stereocenters. The van der Waals surface area contributed by atoms with Crippen molar-refractivity contribution in [1.29, 1.82) is 0 Å². The smallest absolute Gasteiger partial charge is 0.322 e. The summed E-state index contributed by atoms with van der Waals surface area (Å²) in [5.74, 6) is 2.59. The minimum atomic E-state index is -0.0612. The Balaban J connectivity index is 1.53. The molecule has 1 aliphatic heterocycles. The fourth-order valence-electron chi connectivity index (χ4n) is 3.20. The van der Waals surface area contributed by atoms with Crippen molar-refractivity contribution in [2.75, 3.05) is 18.4 Å². The van der Waals surface area contributed by atoms with E-state index in [2.05, 4.69) is 20.6 Å². The molecule has 0 atom stereocenters. The summed E-state index contributed by atoms with van der Waals surface area (Å²) in [6, 6.07) is 2.05. The van der Waals surface area contributed by atoms with Crippen LogP contribution in [-0.4, -0.2) is 43.9 Å². The Hall–Kier alpha value is -2.38. The van der Waals surface area contributed by atoms with Gasteiger partial charge >= 0.3 is 6.03 Å². The second kappa shape index (κ2) is 7.25. The molecule has 1 saturated heterocycles. The molecule has 25 heavy (non-hydrogen) atoms. The van der Waals surface area contributed by atoms with Gasteiger partial charge < -0.3 is 9.42 Å². The fourth-order valence-corrected chi connectivity index (χ4v) is 3.20.